The number of hydrogen-bond donors (Lipinski definition) is 3. The van der Waals surface area contributed by atoms with Crippen molar-refractivity contribution in [2.24, 2.45) is 0 Å². The van der Waals surface area contributed by atoms with E-state index >= 15 is 0 Å². The minimum atomic E-state index is 0.210. The maximum absolute atomic E-state index is 5.32. The Morgan fingerprint density at radius 1 is 0.929 bits per heavy atom. The Hall–Kier alpha value is -0.160. The quantitative estimate of drug-likeness (QED) is 0.555. The van der Waals surface area contributed by atoms with Crippen molar-refractivity contribution in [2.45, 2.75) is 25.5 Å². The van der Waals surface area contributed by atoms with E-state index in [1.54, 1.807) is 7.11 Å². The van der Waals surface area contributed by atoms with Gasteiger partial charge in [0.05, 0.1) is 0 Å². The van der Waals surface area contributed by atoms with E-state index in [9.17, 15) is 0 Å². The Bertz CT molecular complexity index is 121. The highest BCUT2D eigenvalue weighted by molar-refractivity contribution is 4.61. The zero-order valence-electron chi connectivity index (χ0n) is 9.14. The third-order valence-electron chi connectivity index (χ3n) is 2.48. The first kappa shape index (κ1) is 11.9. The number of methoxy groups -OCH3 is 1. The second-order valence-corrected chi connectivity index (χ2v) is 3.67. The average molecular weight is 201 g/mol. The van der Waals surface area contributed by atoms with Crippen LogP contribution in [0.1, 0.15) is 19.3 Å². The molecule has 0 amide bonds. The first-order chi connectivity index (χ1) is 6.93. The van der Waals surface area contributed by atoms with E-state index in [1.807, 2.05) is 0 Å². The van der Waals surface area contributed by atoms with Crippen LogP contribution < -0.4 is 16.0 Å². The highest BCUT2D eigenvalue weighted by atomic mass is 16.5. The van der Waals surface area contributed by atoms with Gasteiger partial charge in [0.25, 0.3) is 0 Å². The van der Waals surface area contributed by atoms with E-state index in [4.69, 9.17) is 4.74 Å². The Labute approximate surface area is 86.8 Å². The molecule has 1 aliphatic rings. The van der Waals surface area contributed by atoms with E-state index in [2.05, 4.69) is 16.0 Å². The molecule has 1 aliphatic heterocycles. The highest BCUT2D eigenvalue weighted by Crippen LogP contribution is 1.92. The number of nitrogens with one attached hydrogen (secondary N) is 3. The summed E-state index contributed by atoms with van der Waals surface area (Å²) < 4.78 is 5.32. The van der Waals surface area contributed by atoms with Gasteiger partial charge in [0.1, 0.15) is 6.23 Å². The van der Waals surface area contributed by atoms with Gasteiger partial charge in [-0.25, -0.2) is 0 Å². The van der Waals surface area contributed by atoms with Crippen molar-refractivity contribution in [3.8, 4) is 0 Å². The van der Waals surface area contributed by atoms with Crippen LogP contribution in [0.5, 0.6) is 0 Å². The minimum absolute atomic E-state index is 0.210. The molecule has 1 rings (SSSR count). The molecule has 0 bridgehead atoms. The molecule has 0 aromatic carbocycles. The minimum Gasteiger partial charge on any atom is -0.367 e. The molecule has 1 unspecified atom stereocenters. The third kappa shape index (κ3) is 5.54. The molecule has 1 atom stereocenters. The van der Waals surface area contributed by atoms with Gasteiger partial charge < -0.3 is 15.4 Å². The number of ether oxygens (including phenoxy) is 1. The van der Waals surface area contributed by atoms with Crippen molar-refractivity contribution < 1.29 is 4.74 Å². The summed E-state index contributed by atoms with van der Waals surface area (Å²) in [6.07, 6.45) is 3.64. The van der Waals surface area contributed by atoms with Crippen molar-refractivity contribution in [3.05, 3.63) is 0 Å². The lowest BCUT2D eigenvalue weighted by Crippen LogP contribution is -2.37. The summed E-state index contributed by atoms with van der Waals surface area (Å²) in [5.41, 5.74) is 0. The van der Waals surface area contributed by atoms with E-state index < -0.39 is 0 Å². The normalized spacial score (nSPS) is 27.6. The molecule has 14 heavy (non-hydrogen) atoms. The van der Waals surface area contributed by atoms with Crippen LogP contribution in [0.4, 0.5) is 0 Å². The highest BCUT2D eigenvalue weighted by Gasteiger charge is 2.05. The van der Waals surface area contributed by atoms with Crippen molar-refractivity contribution in [1.29, 1.82) is 0 Å². The van der Waals surface area contributed by atoms with Crippen LogP contribution in [-0.4, -0.2) is 46.1 Å². The van der Waals surface area contributed by atoms with Crippen molar-refractivity contribution in [2.75, 3.05) is 39.8 Å². The molecule has 0 aromatic heterocycles. The largest absolute Gasteiger partial charge is 0.367 e. The Morgan fingerprint density at radius 2 is 1.57 bits per heavy atom. The van der Waals surface area contributed by atoms with Crippen LogP contribution in [0.15, 0.2) is 0 Å². The maximum atomic E-state index is 5.32. The van der Waals surface area contributed by atoms with Crippen LogP contribution >= 0.6 is 0 Å². The standard InChI is InChI=1S/C10H23N3O/c1-14-10-4-9-12-6-2-5-11-7-3-8-13-10/h10-13H,2-9H2,1H3. The first-order valence-corrected chi connectivity index (χ1v) is 5.61. The van der Waals surface area contributed by atoms with Crippen molar-refractivity contribution in [1.82, 2.24) is 16.0 Å². The van der Waals surface area contributed by atoms with Crippen molar-refractivity contribution in [3.63, 3.8) is 0 Å². The van der Waals surface area contributed by atoms with E-state index in [0.717, 1.165) is 39.1 Å². The van der Waals surface area contributed by atoms with E-state index in [-0.39, 0.29) is 6.23 Å². The second-order valence-electron chi connectivity index (χ2n) is 3.67. The fourth-order valence-electron chi connectivity index (χ4n) is 1.60. The molecule has 1 heterocycles. The van der Waals surface area contributed by atoms with Gasteiger partial charge >= 0.3 is 0 Å². The van der Waals surface area contributed by atoms with Crippen LogP contribution in [-0.2, 0) is 4.74 Å². The van der Waals surface area contributed by atoms with Crippen LogP contribution in [0, 0.1) is 0 Å². The summed E-state index contributed by atoms with van der Waals surface area (Å²) >= 11 is 0. The molecule has 4 nitrogen and oxygen atoms in total. The summed E-state index contributed by atoms with van der Waals surface area (Å²) in [4.78, 5) is 0. The molecule has 0 spiro atoms. The Kier molecular flexibility index (Phi) is 6.95. The van der Waals surface area contributed by atoms with Crippen LogP contribution in [0.25, 0.3) is 0 Å². The Balaban J connectivity index is 2.17. The molecule has 0 radical (unpaired) electrons. The van der Waals surface area contributed by atoms with Crippen LogP contribution in [0.2, 0.25) is 0 Å². The fourth-order valence-corrected chi connectivity index (χ4v) is 1.60. The van der Waals surface area contributed by atoms with E-state index in [0.29, 0.717) is 0 Å². The molecule has 0 saturated carbocycles. The summed E-state index contributed by atoms with van der Waals surface area (Å²) in [6, 6.07) is 0. The predicted octanol–water partition coefficient (Wildman–Crippen LogP) is -0.0884. The first-order valence-electron chi connectivity index (χ1n) is 5.61. The molecule has 1 saturated heterocycles. The zero-order valence-corrected chi connectivity index (χ0v) is 9.14. The molecule has 1 fully saturated rings. The molecule has 3 N–H and O–H groups in total. The van der Waals surface area contributed by atoms with Gasteiger partial charge in [-0.05, 0) is 52.0 Å². The van der Waals surface area contributed by atoms with Gasteiger partial charge in [-0.1, -0.05) is 0 Å². The topological polar surface area (TPSA) is 45.3 Å². The summed E-state index contributed by atoms with van der Waals surface area (Å²) in [5.74, 6) is 0. The lowest BCUT2D eigenvalue weighted by molar-refractivity contribution is 0.0668. The fraction of sp³-hybridized carbons (Fsp3) is 1.00. The smallest absolute Gasteiger partial charge is 0.108 e. The van der Waals surface area contributed by atoms with Gasteiger partial charge in [-0.3, -0.25) is 5.32 Å². The second kappa shape index (κ2) is 8.17. The lowest BCUT2D eigenvalue weighted by atomic mass is 10.3. The SMILES string of the molecule is COC1CCNCCCNCCCN1. The molecule has 0 aliphatic carbocycles. The van der Waals surface area contributed by atoms with Gasteiger partial charge in [0.15, 0.2) is 0 Å². The average Bonchev–Trinajstić information content (AvgIpc) is 2.19. The van der Waals surface area contributed by atoms with Crippen molar-refractivity contribution >= 4 is 0 Å². The van der Waals surface area contributed by atoms with Gasteiger partial charge in [0, 0.05) is 7.11 Å². The van der Waals surface area contributed by atoms with Gasteiger partial charge in [-0.2, -0.15) is 0 Å². The molecule has 0 aromatic rings. The summed E-state index contributed by atoms with van der Waals surface area (Å²) in [6.45, 7) is 5.39. The monoisotopic (exact) mass is 201 g/mol. The molecular weight excluding hydrogens is 178 g/mol. The Morgan fingerprint density at radius 3 is 2.29 bits per heavy atom. The van der Waals surface area contributed by atoms with E-state index in [1.165, 1.54) is 12.8 Å². The summed E-state index contributed by atoms with van der Waals surface area (Å²) in [5, 5.41) is 10.2. The number of rotatable bonds is 1. The van der Waals surface area contributed by atoms with Gasteiger partial charge in [-0.15, -0.1) is 0 Å². The third-order valence-corrected chi connectivity index (χ3v) is 2.48. The molecule has 4 heteroatoms. The molecular formula is C10H23N3O. The summed E-state index contributed by atoms with van der Waals surface area (Å²) in [7, 11) is 1.77. The van der Waals surface area contributed by atoms with Crippen LogP contribution in [0.3, 0.4) is 0 Å². The van der Waals surface area contributed by atoms with Gasteiger partial charge in [0.2, 0.25) is 0 Å². The number of hydrogen-bond acceptors (Lipinski definition) is 4. The zero-order chi connectivity index (χ0) is 10.1. The lowest BCUT2D eigenvalue weighted by Gasteiger charge is -2.18. The maximum Gasteiger partial charge on any atom is 0.108 e. The molecule has 84 valence electrons. The predicted molar refractivity (Wildman–Crippen MR) is 58.4 cm³/mol.